The van der Waals surface area contributed by atoms with Gasteiger partial charge in [0, 0.05) is 28.1 Å². The van der Waals surface area contributed by atoms with E-state index in [-0.39, 0.29) is 18.0 Å². The van der Waals surface area contributed by atoms with Gasteiger partial charge in [0.2, 0.25) is 0 Å². The van der Waals surface area contributed by atoms with Crippen molar-refractivity contribution in [2.45, 2.75) is 34.6 Å². The lowest BCUT2D eigenvalue weighted by Crippen LogP contribution is -2.39. The average Bonchev–Trinajstić information content (AvgIpc) is 2.73. The molecule has 1 aromatic carbocycles. The molecule has 1 aromatic heterocycles. The van der Waals surface area contributed by atoms with E-state index in [4.69, 9.17) is 5.11 Å². The number of hydrogen-bond donors (Lipinski definition) is 3. The van der Waals surface area contributed by atoms with Crippen molar-refractivity contribution in [3.05, 3.63) is 71.1 Å². The number of amides is 1. The van der Waals surface area contributed by atoms with Crippen LogP contribution in [0.15, 0.2) is 54.2 Å². The monoisotopic (exact) mass is 440 g/mol. The van der Waals surface area contributed by atoms with Crippen LogP contribution in [0.25, 0.3) is 9.81 Å². The highest BCUT2D eigenvalue weighted by atomic mass is 32.2. The van der Waals surface area contributed by atoms with Crippen molar-refractivity contribution in [2.24, 2.45) is 5.41 Å². The molecule has 31 heavy (non-hydrogen) atoms. The Morgan fingerprint density at radius 1 is 1.16 bits per heavy atom. The summed E-state index contributed by atoms with van der Waals surface area (Å²) in [6.07, 6.45) is 3.47. The summed E-state index contributed by atoms with van der Waals surface area (Å²) < 4.78 is 0. The van der Waals surface area contributed by atoms with Crippen LogP contribution in [0.3, 0.4) is 0 Å². The lowest BCUT2D eigenvalue weighted by molar-refractivity contribution is -0.146. The number of allylic oxidation sites excluding steroid dienone is 2. The van der Waals surface area contributed by atoms with Crippen molar-refractivity contribution >= 4 is 33.4 Å². The zero-order valence-corrected chi connectivity index (χ0v) is 19.2. The van der Waals surface area contributed by atoms with Crippen molar-refractivity contribution in [2.75, 3.05) is 6.54 Å². The number of rotatable bonds is 8. The molecule has 0 spiro atoms. The van der Waals surface area contributed by atoms with E-state index in [0.29, 0.717) is 5.56 Å². The van der Waals surface area contributed by atoms with Crippen molar-refractivity contribution < 1.29 is 19.8 Å². The maximum atomic E-state index is 12.4. The molecule has 1 amide bonds. The highest BCUT2D eigenvalue weighted by molar-refractivity contribution is 8.16. The first-order valence-electron chi connectivity index (χ1n) is 9.85. The van der Waals surface area contributed by atoms with E-state index in [2.05, 4.69) is 10.3 Å². The number of benzene rings is 1. The highest BCUT2D eigenvalue weighted by Gasteiger charge is 2.28. The maximum Gasteiger partial charge on any atom is 0.310 e. The Hall–Kier alpha value is -3.06. The fourth-order valence-corrected chi connectivity index (χ4v) is 3.68. The molecule has 0 atom stereocenters. The Balaban J connectivity index is 2.23. The first-order valence-corrected chi connectivity index (χ1v) is 10.7. The minimum atomic E-state index is -1.13. The molecule has 0 radical (unpaired) electrons. The first kappa shape index (κ1) is 24.2. The van der Waals surface area contributed by atoms with Gasteiger partial charge in [0.15, 0.2) is 5.69 Å². The minimum absolute atomic E-state index is 0.0823. The predicted molar refractivity (Wildman–Crippen MR) is 126 cm³/mol. The lowest BCUT2D eigenvalue weighted by Gasteiger charge is -2.19. The fraction of sp³-hybridized carbons (Fsp3) is 0.292. The molecular weight excluding hydrogens is 412 g/mol. The van der Waals surface area contributed by atoms with E-state index >= 15 is 0 Å². The van der Waals surface area contributed by atoms with Crippen LogP contribution in [0.5, 0.6) is 5.75 Å². The van der Waals surface area contributed by atoms with Crippen LogP contribution >= 0.6 is 11.8 Å². The third-order valence-electron chi connectivity index (χ3n) is 4.60. The molecule has 0 aliphatic heterocycles. The number of thioether (sulfide) groups is 1. The Morgan fingerprint density at radius 3 is 2.32 bits per heavy atom. The molecule has 0 saturated heterocycles. The normalized spacial score (nSPS) is 11.7. The summed E-state index contributed by atoms with van der Waals surface area (Å²) in [5.41, 5.74) is 1.67. The molecule has 0 unspecified atom stereocenters. The zero-order valence-electron chi connectivity index (χ0n) is 18.4. The van der Waals surface area contributed by atoms with Crippen molar-refractivity contribution in [3.8, 4) is 5.75 Å². The number of carboxylic acid groups (broad SMARTS) is 1. The minimum Gasteiger partial charge on any atom is -0.505 e. The first-order chi connectivity index (χ1) is 14.6. The van der Waals surface area contributed by atoms with Crippen molar-refractivity contribution in [3.63, 3.8) is 0 Å². The van der Waals surface area contributed by atoms with E-state index in [9.17, 15) is 14.7 Å². The van der Waals surface area contributed by atoms with Gasteiger partial charge in [0.1, 0.15) is 5.75 Å². The summed E-state index contributed by atoms with van der Waals surface area (Å²) in [4.78, 5) is 29.7. The number of carbonyl (C=O) groups excluding carboxylic acids is 1. The van der Waals surface area contributed by atoms with Crippen LogP contribution in [-0.4, -0.2) is 33.6 Å². The van der Waals surface area contributed by atoms with Gasteiger partial charge in [-0.15, -0.1) is 0 Å². The van der Waals surface area contributed by atoms with Crippen LogP contribution in [0.1, 0.15) is 56.2 Å². The standard InChI is InChI=1S/C24H28N2O4S/c1-6-19(31-21(15(2)3)16-10-8-7-9-11-16)17-12-18(27)20(25-13-17)22(28)26-14-24(4,5)23(29)30/h6-13,27H,14H2,1-5H3,(H,26,28)(H,29,30)/b19-6-. The molecule has 1 heterocycles. The van der Waals surface area contributed by atoms with Gasteiger partial charge in [-0.2, -0.15) is 0 Å². The third kappa shape index (κ3) is 6.21. The number of aliphatic carboxylic acids is 1. The van der Waals surface area contributed by atoms with Crippen LogP contribution in [0.4, 0.5) is 0 Å². The number of carboxylic acids is 1. The third-order valence-corrected chi connectivity index (χ3v) is 6.14. The molecular formula is C24H28N2O4S. The molecule has 7 heteroatoms. The molecule has 0 bridgehead atoms. The van der Waals surface area contributed by atoms with Gasteiger partial charge >= 0.3 is 5.97 Å². The van der Waals surface area contributed by atoms with Crippen LogP contribution < -0.4 is 5.32 Å². The van der Waals surface area contributed by atoms with Gasteiger partial charge in [-0.05, 0) is 46.2 Å². The Labute approximate surface area is 187 Å². The number of pyridine rings is 1. The fourth-order valence-electron chi connectivity index (χ4n) is 2.66. The number of aromatic hydroxyl groups is 1. The average molecular weight is 441 g/mol. The predicted octanol–water partition coefficient (Wildman–Crippen LogP) is 5.17. The second-order valence-corrected chi connectivity index (χ2v) is 8.97. The van der Waals surface area contributed by atoms with Gasteiger partial charge in [0.25, 0.3) is 5.91 Å². The highest BCUT2D eigenvalue weighted by Crippen LogP contribution is 2.41. The lowest BCUT2D eigenvalue weighted by atomic mass is 9.94. The van der Waals surface area contributed by atoms with E-state index in [0.717, 1.165) is 20.9 Å². The number of nitrogens with one attached hydrogen (secondary N) is 1. The summed E-state index contributed by atoms with van der Waals surface area (Å²) in [5, 5.41) is 22.1. The van der Waals surface area contributed by atoms with Crippen molar-refractivity contribution in [1.29, 1.82) is 0 Å². The number of aromatic nitrogens is 1. The maximum absolute atomic E-state index is 12.4. The largest absolute Gasteiger partial charge is 0.505 e. The Bertz CT molecular complexity index is 1020. The van der Waals surface area contributed by atoms with Gasteiger partial charge in [-0.1, -0.05) is 53.7 Å². The molecule has 6 nitrogen and oxygen atoms in total. The SMILES string of the molecule is C/C=C(\SC(=C(C)C)c1ccccc1)c1cnc(C(=O)NCC(C)(C)C(=O)O)c(O)c1. The Morgan fingerprint density at radius 2 is 1.81 bits per heavy atom. The molecule has 0 saturated carbocycles. The molecule has 0 fully saturated rings. The topological polar surface area (TPSA) is 99.5 Å². The summed E-state index contributed by atoms with van der Waals surface area (Å²) >= 11 is 1.57. The van der Waals surface area contributed by atoms with Crippen molar-refractivity contribution in [1.82, 2.24) is 10.3 Å². The van der Waals surface area contributed by atoms with Crippen LogP contribution in [0, 0.1) is 5.41 Å². The van der Waals surface area contributed by atoms with Gasteiger partial charge in [0.05, 0.1) is 5.41 Å². The smallest absolute Gasteiger partial charge is 0.310 e. The van der Waals surface area contributed by atoms with Gasteiger partial charge in [-0.25, -0.2) is 4.98 Å². The summed E-state index contributed by atoms with van der Waals surface area (Å²) in [6.45, 7) is 8.93. The molecule has 3 N–H and O–H groups in total. The van der Waals surface area contributed by atoms with E-state index in [1.807, 2.05) is 57.2 Å². The number of hydrogen-bond acceptors (Lipinski definition) is 5. The van der Waals surface area contributed by atoms with Gasteiger partial charge in [-0.3, -0.25) is 9.59 Å². The summed E-state index contributed by atoms with van der Waals surface area (Å²) in [5.74, 6) is -1.91. The zero-order chi connectivity index (χ0) is 23.2. The molecule has 2 aromatic rings. The van der Waals surface area contributed by atoms with E-state index < -0.39 is 17.3 Å². The van der Waals surface area contributed by atoms with Crippen LogP contribution in [0.2, 0.25) is 0 Å². The second-order valence-electron chi connectivity index (χ2n) is 7.91. The second kappa shape index (κ2) is 10.3. The number of carbonyl (C=O) groups is 2. The summed E-state index contributed by atoms with van der Waals surface area (Å²) in [6, 6.07) is 11.5. The molecule has 164 valence electrons. The number of nitrogens with zero attached hydrogens (tertiary/aromatic N) is 1. The molecule has 0 aliphatic rings. The van der Waals surface area contributed by atoms with Gasteiger partial charge < -0.3 is 15.5 Å². The Kier molecular flexibility index (Phi) is 8.05. The molecule has 0 aliphatic carbocycles. The summed E-state index contributed by atoms with van der Waals surface area (Å²) in [7, 11) is 0. The quantitative estimate of drug-likeness (QED) is 0.523. The van der Waals surface area contributed by atoms with Crippen LogP contribution in [-0.2, 0) is 4.79 Å². The molecule has 2 rings (SSSR count). The van der Waals surface area contributed by atoms with E-state index in [1.165, 1.54) is 26.1 Å². The van der Waals surface area contributed by atoms with E-state index in [1.54, 1.807) is 11.8 Å².